The van der Waals surface area contributed by atoms with E-state index in [0.717, 1.165) is 61.3 Å². The number of carbonyl (C=O) groups is 2. The Bertz CT molecular complexity index is 881. The molecule has 0 atom stereocenters. The molecule has 2 N–H and O–H groups in total. The van der Waals surface area contributed by atoms with Gasteiger partial charge in [-0.2, -0.15) is 0 Å². The molecule has 0 aliphatic carbocycles. The van der Waals surface area contributed by atoms with Crippen molar-refractivity contribution in [3.8, 4) is 0 Å². The zero-order valence-electron chi connectivity index (χ0n) is 17.8. The molecular formula is C22H31N5O2. The van der Waals surface area contributed by atoms with Crippen LogP contribution in [0.15, 0.2) is 18.2 Å². The van der Waals surface area contributed by atoms with Crippen molar-refractivity contribution >= 4 is 17.5 Å². The van der Waals surface area contributed by atoms with Gasteiger partial charge in [-0.05, 0) is 83.4 Å². The number of nitrogens with zero attached hydrogens (tertiary/aromatic N) is 3. The minimum Gasteiger partial charge on any atom is -0.349 e. The van der Waals surface area contributed by atoms with Gasteiger partial charge < -0.3 is 20.1 Å². The minimum atomic E-state index is -0.257. The molecule has 1 aliphatic heterocycles. The number of anilines is 1. The van der Waals surface area contributed by atoms with E-state index in [-0.39, 0.29) is 11.8 Å². The molecule has 0 saturated heterocycles. The highest BCUT2D eigenvalue weighted by Gasteiger charge is 2.27. The Morgan fingerprint density at radius 3 is 2.52 bits per heavy atom. The van der Waals surface area contributed by atoms with Crippen LogP contribution in [0.25, 0.3) is 0 Å². The summed E-state index contributed by atoms with van der Waals surface area (Å²) in [5.74, 6) is -0.125. The van der Waals surface area contributed by atoms with Crippen LogP contribution >= 0.6 is 0 Å². The molecule has 2 aromatic rings. The van der Waals surface area contributed by atoms with Crippen LogP contribution in [0, 0.1) is 13.8 Å². The smallest absolute Gasteiger partial charge is 0.287 e. The van der Waals surface area contributed by atoms with Gasteiger partial charge >= 0.3 is 0 Å². The fraction of sp³-hybridized carbons (Fsp3) is 0.500. The van der Waals surface area contributed by atoms with E-state index in [2.05, 4.69) is 26.6 Å². The highest BCUT2D eigenvalue weighted by Crippen LogP contribution is 2.23. The molecule has 0 spiro atoms. The largest absolute Gasteiger partial charge is 0.349 e. The quantitative estimate of drug-likeness (QED) is 0.704. The number of aromatic nitrogens is 2. The second kappa shape index (κ2) is 9.22. The second-order valence-electron chi connectivity index (χ2n) is 8.08. The third-order valence-electron chi connectivity index (χ3n) is 5.08. The molecule has 0 radical (unpaired) electrons. The van der Waals surface area contributed by atoms with E-state index in [4.69, 9.17) is 0 Å². The Balaban J connectivity index is 1.78. The van der Waals surface area contributed by atoms with Crippen molar-refractivity contribution < 1.29 is 9.59 Å². The zero-order chi connectivity index (χ0) is 21.0. The summed E-state index contributed by atoms with van der Waals surface area (Å²) < 4.78 is 1.92. The predicted molar refractivity (Wildman–Crippen MR) is 115 cm³/mol. The van der Waals surface area contributed by atoms with Crippen LogP contribution in [0.1, 0.15) is 57.2 Å². The Kier molecular flexibility index (Phi) is 6.69. The van der Waals surface area contributed by atoms with Gasteiger partial charge in [-0.1, -0.05) is 6.07 Å². The van der Waals surface area contributed by atoms with Gasteiger partial charge in [0.15, 0.2) is 11.5 Å². The SMILES string of the molecule is Cc1cc(C)cc(NC(=O)c2nc(C(=O)NCCCN(C)C)n3c2CCCC3)c1. The van der Waals surface area contributed by atoms with Gasteiger partial charge in [0.2, 0.25) is 0 Å². The van der Waals surface area contributed by atoms with E-state index < -0.39 is 0 Å². The van der Waals surface area contributed by atoms with Crippen molar-refractivity contribution in [3.05, 3.63) is 46.5 Å². The summed E-state index contributed by atoms with van der Waals surface area (Å²) in [6.07, 6.45) is 3.62. The average Bonchev–Trinajstić information content (AvgIpc) is 3.04. The van der Waals surface area contributed by atoms with Crippen LogP contribution < -0.4 is 10.6 Å². The van der Waals surface area contributed by atoms with E-state index in [1.807, 2.05) is 44.6 Å². The maximum atomic E-state index is 13.0. The van der Waals surface area contributed by atoms with Crippen LogP contribution in [-0.4, -0.2) is 53.5 Å². The van der Waals surface area contributed by atoms with Crippen molar-refractivity contribution in [1.29, 1.82) is 0 Å². The molecule has 0 bridgehead atoms. The first-order valence-electron chi connectivity index (χ1n) is 10.3. The van der Waals surface area contributed by atoms with Crippen LogP contribution in [0.3, 0.4) is 0 Å². The molecule has 29 heavy (non-hydrogen) atoms. The van der Waals surface area contributed by atoms with E-state index in [9.17, 15) is 9.59 Å². The molecular weight excluding hydrogens is 366 g/mol. The molecule has 0 unspecified atom stereocenters. The van der Waals surface area contributed by atoms with Crippen molar-refractivity contribution in [3.63, 3.8) is 0 Å². The summed E-state index contributed by atoms with van der Waals surface area (Å²) in [7, 11) is 4.01. The lowest BCUT2D eigenvalue weighted by atomic mass is 10.1. The standard InChI is InChI=1S/C22H31N5O2/c1-15-12-16(2)14-17(13-15)24-21(28)19-18-8-5-6-11-27(18)20(25-19)22(29)23-9-7-10-26(3)4/h12-14H,5-11H2,1-4H3,(H,23,29)(H,24,28). The number of hydrogen-bond acceptors (Lipinski definition) is 4. The summed E-state index contributed by atoms with van der Waals surface area (Å²) in [6, 6.07) is 5.94. The van der Waals surface area contributed by atoms with Gasteiger partial charge in [-0.15, -0.1) is 0 Å². The summed E-state index contributed by atoms with van der Waals surface area (Å²) >= 11 is 0. The van der Waals surface area contributed by atoms with Crippen molar-refractivity contribution in [1.82, 2.24) is 19.8 Å². The third kappa shape index (κ3) is 5.23. The van der Waals surface area contributed by atoms with Gasteiger partial charge in [0.25, 0.3) is 11.8 Å². The van der Waals surface area contributed by atoms with Gasteiger partial charge in [-0.3, -0.25) is 9.59 Å². The van der Waals surface area contributed by atoms with Crippen LogP contribution in [0.5, 0.6) is 0 Å². The number of benzene rings is 1. The number of imidazole rings is 1. The lowest BCUT2D eigenvalue weighted by Gasteiger charge is -2.17. The van der Waals surface area contributed by atoms with Crippen molar-refractivity contribution in [2.75, 3.05) is 32.5 Å². The number of rotatable bonds is 7. The predicted octanol–water partition coefficient (Wildman–Crippen LogP) is 2.77. The number of amides is 2. The molecule has 1 aromatic heterocycles. The Morgan fingerprint density at radius 1 is 1.10 bits per heavy atom. The molecule has 1 aromatic carbocycles. The van der Waals surface area contributed by atoms with Crippen LogP contribution in [-0.2, 0) is 13.0 Å². The maximum Gasteiger partial charge on any atom is 0.287 e. The molecule has 0 saturated carbocycles. The minimum absolute atomic E-state index is 0.211. The molecule has 156 valence electrons. The topological polar surface area (TPSA) is 79.3 Å². The number of aryl methyl sites for hydroxylation is 2. The van der Waals surface area contributed by atoms with E-state index in [0.29, 0.717) is 18.1 Å². The molecule has 0 fully saturated rings. The average molecular weight is 398 g/mol. The van der Waals surface area contributed by atoms with Gasteiger partial charge in [0, 0.05) is 18.8 Å². The van der Waals surface area contributed by atoms with Gasteiger partial charge in [0.1, 0.15) is 0 Å². The molecule has 1 aliphatic rings. The van der Waals surface area contributed by atoms with Gasteiger partial charge in [-0.25, -0.2) is 4.98 Å². The van der Waals surface area contributed by atoms with Gasteiger partial charge in [0.05, 0.1) is 5.69 Å². The Morgan fingerprint density at radius 2 is 1.83 bits per heavy atom. The summed E-state index contributed by atoms with van der Waals surface area (Å²) in [5, 5.41) is 5.90. The first-order valence-corrected chi connectivity index (χ1v) is 10.3. The fourth-order valence-electron chi connectivity index (χ4n) is 3.81. The lowest BCUT2D eigenvalue weighted by Crippen LogP contribution is -2.30. The van der Waals surface area contributed by atoms with Crippen molar-refractivity contribution in [2.24, 2.45) is 0 Å². The molecule has 2 amide bonds. The summed E-state index contributed by atoms with van der Waals surface area (Å²) in [5.41, 5.74) is 4.15. The first kappa shape index (κ1) is 21.0. The van der Waals surface area contributed by atoms with Crippen molar-refractivity contribution in [2.45, 2.75) is 46.1 Å². The molecule has 2 heterocycles. The first-order chi connectivity index (χ1) is 13.8. The second-order valence-corrected chi connectivity index (χ2v) is 8.08. The van der Waals surface area contributed by atoms with E-state index in [1.54, 1.807) is 0 Å². The maximum absolute atomic E-state index is 13.0. The zero-order valence-corrected chi connectivity index (χ0v) is 17.8. The van der Waals surface area contributed by atoms with E-state index in [1.165, 1.54) is 0 Å². The monoisotopic (exact) mass is 397 g/mol. The summed E-state index contributed by atoms with van der Waals surface area (Å²) in [4.78, 5) is 32.2. The molecule has 7 nitrogen and oxygen atoms in total. The highest BCUT2D eigenvalue weighted by molar-refractivity contribution is 6.05. The Labute approximate surface area is 172 Å². The molecule has 3 rings (SSSR count). The number of carbonyl (C=O) groups excluding carboxylic acids is 2. The molecule has 7 heteroatoms. The fourth-order valence-corrected chi connectivity index (χ4v) is 3.81. The highest BCUT2D eigenvalue weighted by atomic mass is 16.2. The summed E-state index contributed by atoms with van der Waals surface area (Å²) in [6.45, 7) is 6.21. The van der Waals surface area contributed by atoms with E-state index >= 15 is 0 Å². The van der Waals surface area contributed by atoms with Crippen LogP contribution in [0.4, 0.5) is 5.69 Å². The number of nitrogens with one attached hydrogen (secondary N) is 2. The lowest BCUT2D eigenvalue weighted by molar-refractivity contribution is 0.0936. The third-order valence-corrected chi connectivity index (χ3v) is 5.08. The Hall–Kier alpha value is -2.67. The number of hydrogen-bond donors (Lipinski definition) is 2. The van der Waals surface area contributed by atoms with Crippen LogP contribution in [0.2, 0.25) is 0 Å². The normalized spacial score (nSPS) is 13.3. The number of fused-ring (bicyclic) bond motifs is 1.